The molecule has 1 aromatic carbocycles. The maximum absolute atomic E-state index is 9.31. The minimum Gasteiger partial charge on any atom is -0.507 e. The van der Waals surface area contributed by atoms with E-state index in [9.17, 15) is 5.11 Å². The van der Waals surface area contributed by atoms with E-state index in [4.69, 9.17) is 28.6 Å². The topological polar surface area (TPSA) is 29.5 Å². The molecule has 64 valence electrons. The normalized spacial score (nSPS) is 9.50. The Morgan fingerprint density at radius 1 is 1.58 bits per heavy atom. The van der Waals surface area contributed by atoms with E-state index in [-0.39, 0.29) is 10.8 Å². The predicted octanol–water partition coefficient (Wildman–Crippen LogP) is 2.37. The number of halogens is 1. The van der Waals surface area contributed by atoms with Crippen molar-refractivity contribution in [2.45, 2.75) is 0 Å². The molecule has 0 saturated heterocycles. The fraction of sp³-hybridized carbons (Fsp3) is 0.125. The number of hydrogen-bond acceptors (Lipinski definition) is 3. The van der Waals surface area contributed by atoms with E-state index >= 15 is 0 Å². The second-order valence-corrected chi connectivity index (χ2v) is 2.96. The molecule has 2 nitrogen and oxygen atoms in total. The van der Waals surface area contributed by atoms with Crippen LogP contribution >= 0.6 is 23.8 Å². The molecule has 1 aromatic rings. The van der Waals surface area contributed by atoms with Crippen LogP contribution in [-0.4, -0.2) is 17.3 Å². The van der Waals surface area contributed by atoms with Gasteiger partial charge in [0, 0.05) is 5.02 Å². The first-order chi connectivity index (χ1) is 5.65. The van der Waals surface area contributed by atoms with E-state index in [0.29, 0.717) is 10.6 Å². The van der Waals surface area contributed by atoms with E-state index < -0.39 is 0 Å². The van der Waals surface area contributed by atoms with Crippen LogP contribution in [0.3, 0.4) is 0 Å². The zero-order valence-corrected chi connectivity index (χ0v) is 7.95. The van der Waals surface area contributed by atoms with Crippen LogP contribution in [0.1, 0.15) is 5.56 Å². The summed E-state index contributed by atoms with van der Waals surface area (Å²) in [6.07, 6.45) is 0. The molecule has 0 aliphatic rings. The highest BCUT2D eigenvalue weighted by atomic mass is 35.5. The monoisotopic (exact) mass is 202 g/mol. The van der Waals surface area contributed by atoms with Crippen molar-refractivity contribution in [2.75, 3.05) is 7.11 Å². The first-order valence-electron chi connectivity index (χ1n) is 3.22. The largest absolute Gasteiger partial charge is 0.507 e. The summed E-state index contributed by atoms with van der Waals surface area (Å²) in [4.78, 5) is 0. The van der Waals surface area contributed by atoms with Crippen molar-refractivity contribution in [1.29, 1.82) is 0 Å². The number of phenols is 1. The first-order valence-corrected chi connectivity index (χ1v) is 4.00. The number of aromatic hydroxyl groups is 1. The van der Waals surface area contributed by atoms with Crippen LogP contribution in [0.15, 0.2) is 18.2 Å². The highest BCUT2D eigenvalue weighted by Crippen LogP contribution is 2.22. The lowest BCUT2D eigenvalue weighted by Gasteiger charge is -2.04. The van der Waals surface area contributed by atoms with Crippen LogP contribution in [0.4, 0.5) is 0 Å². The molecule has 0 spiro atoms. The van der Waals surface area contributed by atoms with Crippen molar-refractivity contribution >= 4 is 28.9 Å². The molecule has 0 unspecified atom stereocenters. The third-order valence-corrected chi connectivity index (χ3v) is 1.99. The molecular formula is C8H7ClO2S. The van der Waals surface area contributed by atoms with Gasteiger partial charge in [-0.25, -0.2) is 0 Å². The van der Waals surface area contributed by atoms with Crippen molar-refractivity contribution in [3.63, 3.8) is 0 Å². The summed E-state index contributed by atoms with van der Waals surface area (Å²) in [6.45, 7) is 0. The highest BCUT2D eigenvalue weighted by molar-refractivity contribution is 7.80. The Morgan fingerprint density at radius 3 is 2.83 bits per heavy atom. The number of benzene rings is 1. The zero-order valence-electron chi connectivity index (χ0n) is 6.37. The predicted molar refractivity (Wildman–Crippen MR) is 51.8 cm³/mol. The van der Waals surface area contributed by atoms with Crippen LogP contribution in [0.2, 0.25) is 5.02 Å². The van der Waals surface area contributed by atoms with Crippen molar-refractivity contribution in [2.24, 2.45) is 0 Å². The van der Waals surface area contributed by atoms with E-state index in [1.807, 2.05) is 0 Å². The summed E-state index contributed by atoms with van der Waals surface area (Å²) >= 11 is 10.5. The molecule has 4 heteroatoms. The van der Waals surface area contributed by atoms with Gasteiger partial charge in [-0.05, 0) is 30.4 Å². The fourth-order valence-electron chi connectivity index (χ4n) is 0.782. The molecule has 0 aliphatic heterocycles. The molecule has 0 radical (unpaired) electrons. The van der Waals surface area contributed by atoms with Crippen molar-refractivity contribution in [1.82, 2.24) is 0 Å². The summed E-state index contributed by atoms with van der Waals surface area (Å²) < 4.78 is 4.78. The van der Waals surface area contributed by atoms with Crippen LogP contribution in [0.25, 0.3) is 0 Å². The minimum atomic E-state index is 0.0752. The highest BCUT2D eigenvalue weighted by Gasteiger charge is 2.07. The van der Waals surface area contributed by atoms with Crippen LogP contribution in [0, 0.1) is 0 Å². The van der Waals surface area contributed by atoms with Crippen LogP contribution in [-0.2, 0) is 4.74 Å². The van der Waals surface area contributed by atoms with Crippen molar-refractivity contribution in [3.8, 4) is 5.75 Å². The summed E-state index contributed by atoms with van der Waals surface area (Å²) in [5.74, 6) is 0.0752. The van der Waals surface area contributed by atoms with Gasteiger partial charge in [0.15, 0.2) is 5.05 Å². The lowest BCUT2D eigenvalue weighted by molar-refractivity contribution is 0.410. The van der Waals surface area contributed by atoms with Gasteiger partial charge in [0.1, 0.15) is 5.75 Å². The van der Waals surface area contributed by atoms with Gasteiger partial charge >= 0.3 is 0 Å². The van der Waals surface area contributed by atoms with Gasteiger partial charge in [-0.3, -0.25) is 0 Å². The molecule has 0 heterocycles. The van der Waals surface area contributed by atoms with Gasteiger partial charge in [0.2, 0.25) is 0 Å². The van der Waals surface area contributed by atoms with E-state index in [0.717, 1.165) is 0 Å². The molecule has 0 atom stereocenters. The lowest BCUT2D eigenvalue weighted by atomic mass is 10.2. The van der Waals surface area contributed by atoms with Gasteiger partial charge < -0.3 is 9.84 Å². The molecule has 1 rings (SSSR count). The Kier molecular flexibility index (Phi) is 2.89. The Hall–Kier alpha value is -0.800. The maximum Gasteiger partial charge on any atom is 0.194 e. The van der Waals surface area contributed by atoms with Gasteiger partial charge in [0.05, 0.1) is 12.7 Å². The molecule has 1 N–H and O–H groups in total. The second kappa shape index (κ2) is 3.74. The number of thiocarbonyl (C=S) groups is 1. The summed E-state index contributed by atoms with van der Waals surface area (Å²) in [5, 5.41) is 10.1. The number of phenolic OH excluding ortho intramolecular Hbond substituents is 1. The Balaban J connectivity index is 3.13. The van der Waals surface area contributed by atoms with Gasteiger partial charge in [-0.1, -0.05) is 11.6 Å². The minimum absolute atomic E-state index is 0.0752. The number of rotatable bonds is 1. The van der Waals surface area contributed by atoms with Gasteiger partial charge in [-0.2, -0.15) is 0 Å². The Bertz CT molecular complexity index is 312. The molecule has 0 aromatic heterocycles. The third-order valence-electron chi connectivity index (χ3n) is 1.36. The zero-order chi connectivity index (χ0) is 9.14. The molecular weight excluding hydrogens is 196 g/mol. The van der Waals surface area contributed by atoms with Crippen molar-refractivity contribution < 1.29 is 9.84 Å². The van der Waals surface area contributed by atoms with Gasteiger partial charge in [-0.15, -0.1) is 0 Å². The van der Waals surface area contributed by atoms with E-state index in [1.54, 1.807) is 12.1 Å². The molecule has 0 bridgehead atoms. The fourth-order valence-corrected chi connectivity index (χ4v) is 1.12. The smallest absolute Gasteiger partial charge is 0.194 e. The number of methoxy groups -OCH3 is 1. The average Bonchev–Trinajstić information content (AvgIpc) is 2.08. The quantitative estimate of drug-likeness (QED) is 0.709. The molecule has 0 saturated carbocycles. The number of hydrogen-bond donors (Lipinski definition) is 1. The van der Waals surface area contributed by atoms with Crippen molar-refractivity contribution in [3.05, 3.63) is 28.8 Å². The SMILES string of the molecule is COC(=S)c1cc(Cl)ccc1O. The molecule has 0 amide bonds. The standard InChI is InChI=1S/C8H7ClO2S/c1-11-8(12)6-4-5(9)2-3-7(6)10/h2-4,10H,1H3. The third kappa shape index (κ3) is 1.87. The van der Waals surface area contributed by atoms with Crippen LogP contribution < -0.4 is 0 Å². The molecule has 12 heavy (non-hydrogen) atoms. The molecule has 0 aliphatic carbocycles. The second-order valence-electron chi connectivity index (χ2n) is 2.15. The lowest BCUT2D eigenvalue weighted by Crippen LogP contribution is -1.99. The van der Waals surface area contributed by atoms with Crippen LogP contribution in [0.5, 0.6) is 5.75 Å². The maximum atomic E-state index is 9.31. The first kappa shape index (κ1) is 9.29. The summed E-state index contributed by atoms with van der Waals surface area (Å²) in [6, 6.07) is 4.62. The van der Waals surface area contributed by atoms with E-state index in [1.165, 1.54) is 13.2 Å². The molecule has 0 fully saturated rings. The Morgan fingerprint density at radius 2 is 2.25 bits per heavy atom. The number of ether oxygens (including phenoxy) is 1. The summed E-state index contributed by atoms with van der Waals surface area (Å²) in [5.41, 5.74) is 0.444. The van der Waals surface area contributed by atoms with E-state index in [2.05, 4.69) is 0 Å². The Labute approximate surface area is 80.7 Å². The van der Waals surface area contributed by atoms with Gasteiger partial charge in [0.25, 0.3) is 0 Å². The summed E-state index contributed by atoms with van der Waals surface area (Å²) in [7, 11) is 1.45. The average molecular weight is 203 g/mol.